The van der Waals surface area contributed by atoms with E-state index < -0.39 is 36.9 Å². The predicted molar refractivity (Wildman–Crippen MR) is 311 cm³/mol. The summed E-state index contributed by atoms with van der Waals surface area (Å²) in [5, 5.41) is 44.0. The van der Waals surface area contributed by atoms with E-state index in [-0.39, 0.29) is 0 Å². The average molecular weight is 1000 g/mol. The molecule has 0 bridgehead atoms. The second-order valence-electron chi connectivity index (χ2n) is 22.5. The molecule has 0 heterocycles. The van der Waals surface area contributed by atoms with Crippen molar-refractivity contribution in [1.29, 1.82) is 0 Å². The van der Waals surface area contributed by atoms with E-state index in [4.69, 9.17) is 0 Å². The highest BCUT2D eigenvalue weighted by molar-refractivity contribution is 5.80. The Morgan fingerprint density at radius 1 is 0.338 bits per heavy atom. The minimum atomic E-state index is -1.29. The first-order valence-electron chi connectivity index (χ1n) is 32.2. The number of aliphatic hydroxyl groups excluding tert-OH is 4. The zero-order valence-electron chi connectivity index (χ0n) is 48.0. The molecule has 0 saturated heterocycles. The monoisotopic (exact) mass is 1000 g/mol. The third-order valence-electron chi connectivity index (χ3n) is 15.4. The van der Waals surface area contributed by atoms with E-state index in [2.05, 4.69) is 43.5 Å². The molecular weight excluding hydrogens is 875 g/mol. The van der Waals surface area contributed by atoms with E-state index in [0.29, 0.717) is 19.3 Å². The lowest BCUT2D eigenvalue weighted by atomic mass is 10.00. The lowest BCUT2D eigenvalue weighted by Crippen LogP contribution is -2.53. The molecule has 0 saturated carbocycles. The van der Waals surface area contributed by atoms with Crippen LogP contribution in [0.5, 0.6) is 0 Å². The molecule has 0 aromatic rings. The van der Waals surface area contributed by atoms with Crippen LogP contribution in [0.15, 0.2) is 24.3 Å². The third-order valence-corrected chi connectivity index (χ3v) is 15.4. The molecule has 0 rings (SSSR count). The maximum atomic E-state index is 12.6. The van der Waals surface area contributed by atoms with Crippen molar-refractivity contribution in [3.05, 3.63) is 24.3 Å². The number of nitrogens with one attached hydrogen (secondary N) is 1. The third kappa shape index (κ3) is 53.4. The Bertz CT molecular complexity index is 1080. The molecule has 5 N–H and O–H groups in total. The van der Waals surface area contributed by atoms with E-state index >= 15 is 0 Å². The van der Waals surface area contributed by atoms with Crippen LogP contribution >= 0.6 is 0 Å². The van der Waals surface area contributed by atoms with E-state index in [1.165, 1.54) is 283 Å². The van der Waals surface area contributed by atoms with Crippen molar-refractivity contribution < 1.29 is 25.2 Å². The number of hydrogen-bond acceptors (Lipinski definition) is 5. The lowest BCUT2D eigenvalue weighted by Gasteiger charge is -2.27. The fraction of sp³-hybridized carbons (Fsp3) is 0.923. The standard InChI is InChI=1S/C65H127NO5/c1-3-5-7-9-11-13-15-17-19-21-22-23-24-25-26-27-28-29-30-31-32-33-34-35-36-37-38-39-40-41-43-45-47-49-51-53-55-57-59-63(69)65(71)66-61(60-67)64(70)62(68)58-56-54-52-50-48-46-44-42-20-18-16-14-12-10-8-6-4-2/h42,44,50,52,61-64,67-70H,3-41,43,45-49,51,53-60H2,1-2H3,(H,66,71)/b44-42+,52-50+. The molecule has 4 atom stereocenters. The summed E-state index contributed by atoms with van der Waals surface area (Å²) in [5.41, 5.74) is 0. The maximum absolute atomic E-state index is 12.6. The van der Waals surface area contributed by atoms with Gasteiger partial charge in [0.2, 0.25) is 5.91 Å². The van der Waals surface area contributed by atoms with Crippen LogP contribution in [-0.2, 0) is 4.79 Å². The number of amides is 1. The molecule has 0 fully saturated rings. The van der Waals surface area contributed by atoms with Crippen LogP contribution in [0.2, 0.25) is 0 Å². The summed E-state index contributed by atoms with van der Waals surface area (Å²) in [6.45, 7) is 4.07. The molecular formula is C65H127NO5. The highest BCUT2D eigenvalue weighted by Crippen LogP contribution is 2.19. The van der Waals surface area contributed by atoms with Crippen molar-refractivity contribution in [1.82, 2.24) is 5.32 Å². The molecule has 422 valence electrons. The van der Waals surface area contributed by atoms with Crippen LogP contribution < -0.4 is 5.32 Å². The Morgan fingerprint density at radius 2 is 0.592 bits per heavy atom. The molecule has 6 heteroatoms. The fourth-order valence-electron chi connectivity index (χ4n) is 10.4. The zero-order chi connectivity index (χ0) is 51.6. The van der Waals surface area contributed by atoms with E-state index in [1.807, 2.05) is 0 Å². The van der Waals surface area contributed by atoms with Crippen molar-refractivity contribution in [2.75, 3.05) is 6.61 Å². The molecule has 0 spiro atoms. The first-order valence-corrected chi connectivity index (χ1v) is 32.2. The zero-order valence-corrected chi connectivity index (χ0v) is 48.0. The summed E-state index contributed by atoms with van der Waals surface area (Å²) in [7, 11) is 0. The van der Waals surface area contributed by atoms with Crippen LogP contribution in [0, 0.1) is 0 Å². The van der Waals surface area contributed by atoms with Gasteiger partial charge in [0.05, 0.1) is 18.8 Å². The van der Waals surface area contributed by atoms with Crippen molar-refractivity contribution in [2.24, 2.45) is 0 Å². The largest absolute Gasteiger partial charge is 0.394 e. The Hall–Kier alpha value is -1.21. The smallest absolute Gasteiger partial charge is 0.249 e. The number of aliphatic hydroxyl groups is 4. The van der Waals surface area contributed by atoms with Crippen LogP contribution in [0.25, 0.3) is 0 Å². The molecule has 0 aliphatic carbocycles. The topological polar surface area (TPSA) is 110 Å². The first kappa shape index (κ1) is 69.8. The van der Waals surface area contributed by atoms with Gasteiger partial charge in [0.1, 0.15) is 12.2 Å². The number of hydrogen-bond donors (Lipinski definition) is 5. The van der Waals surface area contributed by atoms with Crippen molar-refractivity contribution in [3.8, 4) is 0 Å². The molecule has 0 aromatic heterocycles. The van der Waals surface area contributed by atoms with Gasteiger partial charge >= 0.3 is 0 Å². The van der Waals surface area contributed by atoms with Gasteiger partial charge in [-0.05, 0) is 51.4 Å². The minimum Gasteiger partial charge on any atom is -0.394 e. The normalized spacial score (nSPS) is 13.7. The number of unbranched alkanes of at least 4 members (excludes halogenated alkanes) is 47. The lowest BCUT2D eigenvalue weighted by molar-refractivity contribution is -0.132. The second-order valence-corrected chi connectivity index (χ2v) is 22.5. The van der Waals surface area contributed by atoms with E-state index in [0.717, 1.165) is 38.5 Å². The highest BCUT2D eigenvalue weighted by Gasteiger charge is 2.28. The summed E-state index contributed by atoms with van der Waals surface area (Å²) in [6.07, 6.45) is 74.4. The summed E-state index contributed by atoms with van der Waals surface area (Å²) in [4.78, 5) is 12.6. The van der Waals surface area contributed by atoms with Crippen LogP contribution in [-0.4, -0.2) is 57.3 Å². The molecule has 0 radical (unpaired) electrons. The Labute approximate surface area is 444 Å². The second kappa shape index (κ2) is 59.7. The van der Waals surface area contributed by atoms with Gasteiger partial charge in [0, 0.05) is 0 Å². The summed E-state index contributed by atoms with van der Waals surface area (Å²) < 4.78 is 0. The van der Waals surface area contributed by atoms with Crippen molar-refractivity contribution in [3.63, 3.8) is 0 Å². The van der Waals surface area contributed by atoms with Crippen LogP contribution in [0.3, 0.4) is 0 Å². The number of allylic oxidation sites excluding steroid dienone is 4. The van der Waals surface area contributed by atoms with Crippen molar-refractivity contribution >= 4 is 5.91 Å². The van der Waals surface area contributed by atoms with E-state index in [9.17, 15) is 25.2 Å². The average Bonchev–Trinajstić information content (AvgIpc) is 3.38. The Kier molecular flexibility index (Phi) is 58.6. The maximum Gasteiger partial charge on any atom is 0.249 e. The van der Waals surface area contributed by atoms with Gasteiger partial charge in [-0.1, -0.05) is 327 Å². The van der Waals surface area contributed by atoms with Gasteiger partial charge in [0.25, 0.3) is 0 Å². The fourth-order valence-corrected chi connectivity index (χ4v) is 10.4. The molecule has 6 nitrogen and oxygen atoms in total. The minimum absolute atomic E-state index is 0.365. The van der Waals surface area contributed by atoms with Gasteiger partial charge < -0.3 is 25.7 Å². The Balaban J connectivity index is 3.51. The van der Waals surface area contributed by atoms with Gasteiger partial charge in [-0.3, -0.25) is 4.79 Å². The number of carbonyl (C=O) groups is 1. The first-order chi connectivity index (χ1) is 35.0. The summed E-state index contributed by atoms with van der Waals surface area (Å²) >= 11 is 0. The van der Waals surface area contributed by atoms with Crippen LogP contribution in [0.1, 0.15) is 354 Å². The summed E-state index contributed by atoms with van der Waals surface area (Å²) in [6, 6.07) is -1.01. The predicted octanol–water partition coefficient (Wildman–Crippen LogP) is 19.4. The van der Waals surface area contributed by atoms with Crippen LogP contribution in [0.4, 0.5) is 0 Å². The highest BCUT2D eigenvalue weighted by atomic mass is 16.3. The quantitative estimate of drug-likeness (QED) is 0.0308. The number of carbonyl (C=O) groups excluding carboxylic acids is 1. The Morgan fingerprint density at radius 3 is 0.887 bits per heavy atom. The van der Waals surface area contributed by atoms with Gasteiger partial charge in [-0.2, -0.15) is 0 Å². The van der Waals surface area contributed by atoms with Gasteiger partial charge in [-0.15, -0.1) is 0 Å². The molecule has 71 heavy (non-hydrogen) atoms. The van der Waals surface area contributed by atoms with Crippen molar-refractivity contribution in [2.45, 2.75) is 379 Å². The SMILES string of the molecule is CCCCCCCCCC/C=C/CC/C=C/CCCC(O)C(O)C(CO)NC(=O)C(O)CCCCCCCCCCCCCCCCCCCCCCCCCCCCCCCCCCCCCCCC. The number of rotatable bonds is 60. The molecule has 0 aliphatic heterocycles. The molecule has 4 unspecified atom stereocenters. The van der Waals surface area contributed by atoms with Gasteiger partial charge in [0.15, 0.2) is 0 Å². The molecule has 1 amide bonds. The molecule has 0 aromatic carbocycles. The summed E-state index contributed by atoms with van der Waals surface area (Å²) in [5.74, 6) is -0.591. The molecule has 0 aliphatic rings. The van der Waals surface area contributed by atoms with E-state index in [1.54, 1.807) is 0 Å². The van der Waals surface area contributed by atoms with Gasteiger partial charge in [-0.25, -0.2) is 0 Å².